The summed E-state index contributed by atoms with van der Waals surface area (Å²) in [6, 6.07) is 34.6. The maximum absolute atomic E-state index is 15.7. The average Bonchev–Trinajstić information content (AvgIpc) is 3.84. The van der Waals surface area contributed by atoms with Crippen LogP contribution in [-0.2, 0) is 39.3 Å². The lowest BCUT2D eigenvalue weighted by Crippen LogP contribution is -2.54. The third-order valence-electron chi connectivity index (χ3n) is 11.6. The Morgan fingerprint density at radius 1 is 0.857 bits per heavy atom. The zero-order valence-electron chi connectivity index (χ0n) is 33.8. The molecule has 63 heavy (non-hydrogen) atoms. The van der Waals surface area contributed by atoms with Crippen LogP contribution in [0.2, 0.25) is 0 Å². The molecule has 16 heteroatoms. The third kappa shape index (κ3) is 8.27. The van der Waals surface area contributed by atoms with Crippen molar-refractivity contribution in [2.75, 3.05) is 4.90 Å². The van der Waals surface area contributed by atoms with Crippen molar-refractivity contribution in [3.8, 4) is 17.3 Å². The molecule has 1 aliphatic carbocycles. The predicted octanol–water partition coefficient (Wildman–Crippen LogP) is 8.86. The lowest BCUT2D eigenvalue weighted by Gasteiger charge is -2.42. The predicted molar refractivity (Wildman–Crippen MR) is 221 cm³/mol. The standard InChI is InChI=1S/C47H40F4N8O4/c48-39-26-32(21-22-33(39)30-58-44(62)59(43(61)45(58)23-13-24-45)37-27-38(47(49,50)51)40(28-52)53-29-37)41-31-57(56-54-41)25-12-4-11-20-42(60)55-63-46(34-14-5-1-6-15-34,35-16-7-2-8-17-35)36-18-9-3-10-19-36/h1-3,5-10,14-19,21-22,26-27,29,31H,4,11-13,20,23-25,30H2,(H,55,60). The van der Waals surface area contributed by atoms with Crippen LogP contribution >= 0.6 is 0 Å². The molecular weight excluding hydrogens is 817 g/mol. The lowest BCUT2D eigenvalue weighted by molar-refractivity contribution is -0.143. The fourth-order valence-corrected chi connectivity index (χ4v) is 8.20. The molecule has 4 aromatic carbocycles. The van der Waals surface area contributed by atoms with Crippen LogP contribution in [0.25, 0.3) is 11.3 Å². The number of nitriles is 1. The van der Waals surface area contributed by atoms with E-state index in [2.05, 4.69) is 20.8 Å². The van der Waals surface area contributed by atoms with E-state index in [9.17, 15) is 27.6 Å². The molecule has 6 aromatic rings. The largest absolute Gasteiger partial charge is 0.419 e. The number of hydrogen-bond donors (Lipinski definition) is 1. The number of rotatable bonds is 15. The molecule has 2 aromatic heterocycles. The normalized spacial score (nSPS) is 14.8. The number of unbranched alkanes of at least 4 members (excludes halogenated alkanes) is 2. The first kappa shape index (κ1) is 42.4. The highest BCUT2D eigenvalue weighted by molar-refractivity contribution is 6.23. The minimum atomic E-state index is -4.95. The van der Waals surface area contributed by atoms with E-state index in [0.717, 1.165) is 22.9 Å². The van der Waals surface area contributed by atoms with Gasteiger partial charge in [-0.1, -0.05) is 115 Å². The van der Waals surface area contributed by atoms with Gasteiger partial charge in [0.2, 0.25) is 5.91 Å². The number of alkyl halides is 3. The van der Waals surface area contributed by atoms with E-state index in [4.69, 9.17) is 10.1 Å². The molecule has 1 saturated carbocycles. The highest BCUT2D eigenvalue weighted by Gasteiger charge is 2.61. The van der Waals surface area contributed by atoms with Gasteiger partial charge in [0.15, 0.2) is 11.3 Å². The van der Waals surface area contributed by atoms with Gasteiger partial charge in [0, 0.05) is 24.1 Å². The molecule has 0 bridgehead atoms. The van der Waals surface area contributed by atoms with Gasteiger partial charge in [-0.15, -0.1) is 5.10 Å². The lowest BCUT2D eigenvalue weighted by atomic mass is 9.75. The van der Waals surface area contributed by atoms with Crippen molar-refractivity contribution in [2.24, 2.45) is 0 Å². The SMILES string of the molecule is N#Cc1ncc(N2C(=O)N(Cc3ccc(-c4cn(CCCCCC(=O)NOC(c5ccccc5)(c5ccccc5)c5ccccc5)nn4)cc3F)C3(CCC3)C2=O)cc1C(F)(F)F. The van der Waals surface area contributed by atoms with Gasteiger partial charge in [-0.05, 0) is 60.9 Å². The van der Waals surface area contributed by atoms with Crippen molar-refractivity contribution in [2.45, 2.75) is 75.4 Å². The molecule has 1 N–H and O–H groups in total. The summed E-state index contributed by atoms with van der Waals surface area (Å²) < 4.78 is 58.5. The molecular formula is C47H40F4N8O4. The van der Waals surface area contributed by atoms with Crippen molar-refractivity contribution in [3.63, 3.8) is 0 Å². The van der Waals surface area contributed by atoms with Gasteiger partial charge in [-0.3, -0.25) is 19.1 Å². The molecule has 1 saturated heterocycles. The minimum Gasteiger partial charge on any atom is -0.305 e. The monoisotopic (exact) mass is 856 g/mol. The fourth-order valence-electron chi connectivity index (χ4n) is 8.20. The Hall–Kier alpha value is -7.25. The van der Waals surface area contributed by atoms with E-state index in [0.29, 0.717) is 54.5 Å². The molecule has 2 aliphatic rings. The third-order valence-corrected chi connectivity index (χ3v) is 11.6. The summed E-state index contributed by atoms with van der Waals surface area (Å²) in [5.74, 6) is -1.66. The molecule has 0 radical (unpaired) electrons. The topological polar surface area (TPSA) is 146 Å². The van der Waals surface area contributed by atoms with Crippen LogP contribution in [0.1, 0.15) is 78.5 Å². The Bertz CT molecular complexity index is 2570. The van der Waals surface area contributed by atoms with Crippen molar-refractivity contribution in [1.82, 2.24) is 30.4 Å². The number of nitrogens with one attached hydrogen (secondary N) is 1. The summed E-state index contributed by atoms with van der Waals surface area (Å²) in [5, 5.41) is 17.5. The van der Waals surface area contributed by atoms with Crippen molar-refractivity contribution < 1.29 is 36.8 Å². The van der Waals surface area contributed by atoms with E-state index in [-0.39, 0.29) is 37.3 Å². The number of benzene rings is 4. The van der Waals surface area contributed by atoms with Gasteiger partial charge >= 0.3 is 12.2 Å². The second kappa shape index (κ2) is 17.6. The number of imide groups is 1. The number of amides is 4. The van der Waals surface area contributed by atoms with Crippen LogP contribution in [0.3, 0.4) is 0 Å². The van der Waals surface area contributed by atoms with Crippen LogP contribution in [0.15, 0.2) is 128 Å². The van der Waals surface area contributed by atoms with Crippen molar-refractivity contribution in [3.05, 3.63) is 167 Å². The second-order valence-corrected chi connectivity index (χ2v) is 15.5. The second-order valence-electron chi connectivity index (χ2n) is 15.5. The Kier molecular flexibility index (Phi) is 11.9. The van der Waals surface area contributed by atoms with E-state index >= 15 is 4.39 Å². The molecule has 320 valence electrons. The van der Waals surface area contributed by atoms with Gasteiger partial charge in [-0.25, -0.2) is 24.5 Å². The van der Waals surface area contributed by atoms with Gasteiger partial charge in [0.05, 0.1) is 30.2 Å². The van der Waals surface area contributed by atoms with Crippen LogP contribution < -0.4 is 10.4 Å². The molecule has 1 spiro atoms. The minimum absolute atomic E-state index is 0.0923. The number of hydroxylamine groups is 1. The van der Waals surface area contributed by atoms with Gasteiger partial charge in [0.25, 0.3) is 5.91 Å². The van der Waals surface area contributed by atoms with Crippen LogP contribution in [-0.4, -0.2) is 48.3 Å². The Morgan fingerprint density at radius 2 is 1.49 bits per heavy atom. The highest BCUT2D eigenvalue weighted by Crippen LogP contribution is 2.47. The molecule has 2 fully saturated rings. The number of urea groups is 1. The van der Waals surface area contributed by atoms with Gasteiger partial charge in [0.1, 0.15) is 23.1 Å². The number of anilines is 1. The number of pyridine rings is 1. The summed E-state index contributed by atoms with van der Waals surface area (Å²) in [7, 11) is 0. The van der Waals surface area contributed by atoms with Crippen molar-refractivity contribution >= 4 is 23.5 Å². The molecule has 1 aliphatic heterocycles. The zero-order chi connectivity index (χ0) is 44.2. The molecule has 8 rings (SSSR count). The summed E-state index contributed by atoms with van der Waals surface area (Å²) in [4.78, 5) is 52.3. The maximum atomic E-state index is 15.7. The fraction of sp³-hybridized carbons (Fsp3) is 0.255. The number of hydrogen-bond acceptors (Lipinski definition) is 8. The molecule has 0 unspecified atom stereocenters. The molecule has 3 heterocycles. The van der Waals surface area contributed by atoms with Gasteiger partial charge < -0.3 is 4.90 Å². The smallest absolute Gasteiger partial charge is 0.305 e. The number of aryl methyl sites for hydroxylation is 1. The highest BCUT2D eigenvalue weighted by atomic mass is 19.4. The number of carbonyl (C=O) groups is 3. The summed E-state index contributed by atoms with van der Waals surface area (Å²) in [5.41, 5.74) is 1.10. The molecule has 4 amide bonds. The first-order valence-electron chi connectivity index (χ1n) is 20.4. The number of carbonyl (C=O) groups excluding carboxylic acids is 3. The van der Waals surface area contributed by atoms with E-state index in [1.807, 2.05) is 91.0 Å². The summed E-state index contributed by atoms with van der Waals surface area (Å²) in [6.45, 7) is 0.182. The first-order chi connectivity index (χ1) is 30.4. The Morgan fingerprint density at radius 3 is 2.05 bits per heavy atom. The van der Waals surface area contributed by atoms with Crippen LogP contribution in [0.5, 0.6) is 0 Å². The first-order valence-corrected chi connectivity index (χ1v) is 20.4. The van der Waals surface area contributed by atoms with E-state index < -0.39 is 52.0 Å². The Labute approximate surface area is 359 Å². The molecule has 12 nitrogen and oxygen atoms in total. The maximum Gasteiger partial charge on any atom is 0.419 e. The van der Waals surface area contributed by atoms with Crippen LogP contribution in [0, 0.1) is 17.1 Å². The van der Waals surface area contributed by atoms with E-state index in [1.165, 1.54) is 23.1 Å². The number of halogens is 4. The van der Waals surface area contributed by atoms with E-state index in [1.54, 1.807) is 16.9 Å². The molecule has 0 atom stereocenters. The van der Waals surface area contributed by atoms with Crippen LogP contribution in [0.4, 0.5) is 28.0 Å². The van der Waals surface area contributed by atoms with Gasteiger partial charge in [-0.2, -0.15) is 18.4 Å². The average molecular weight is 857 g/mol. The quantitative estimate of drug-likeness (QED) is 0.0355. The van der Waals surface area contributed by atoms with Crippen molar-refractivity contribution in [1.29, 1.82) is 5.26 Å². The summed E-state index contributed by atoms with van der Waals surface area (Å²) in [6.07, 6.45) is 0.906. The number of aromatic nitrogens is 4. The summed E-state index contributed by atoms with van der Waals surface area (Å²) >= 11 is 0. The zero-order valence-corrected chi connectivity index (χ0v) is 33.8. The Balaban J connectivity index is 0.865. The number of nitrogens with zero attached hydrogens (tertiary/aromatic N) is 7.